The van der Waals surface area contributed by atoms with Gasteiger partial charge in [0.15, 0.2) is 0 Å². The number of hydrogen-bond donors (Lipinski definition) is 1. The summed E-state index contributed by atoms with van der Waals surface area (Å²) in [5, 5.41) is 3.07. The Balaban J connectivity index is 2.08. The number of hydrogen-bond acceptors (Lipinski definition) is 4. The highest BCUT2D eigenvalue weighted by atomic mass is 16.4. The van der Waals surface area contributed by atoms with E-state index in [1.165, 1.54) is 0 Å². The van der Waals surface area contributed by atoms with Crippen LogP contribution in [-0.2, 0) is 0 Å². The number of aromatic nitrogens is 2. The van der Waals surface area contributed by atoms with Gasteiger partial charge in [0.25, 0.3) is 0 Å². The van der Waals surface area contributed by atoms with Gasteiger partial charge >= 0.3 is 0 Å². The monoisotopic (exact) mass is 251 g/mol. The van der Waals surface area contributed by atoms with E-state index in [-0.39, 0.29) is 0 Å². The minimum absolute atomic E-state index is 0.558. The molecule has 0 saturated carbocycles. The molecule has 1 N–H and O–H groups in total. The first-order valence-corrected chi connectivity index (χ1v) is 6.03. The van der Waals surface area contributed by atoms with Crippen LogP contribution in [0.2, 0.25) is 0 Å². The van der Waals surface area contributed by atoms with Crippen molar-refractivity contribution >= 4 is 16.8 Å². The first-order chi connectivity index (χ1) is 9.26. The van der Waals surface area contributed by atoms with Crippen LogP contribution in [0.5, 0.6) is 0 Å². The van der Waals surface area contributed by atoms with E-state index in [4.69, 9.17) is 4.42 Å². The number of oxazole rings is 1. The van der Waals surface area contributed by atoms with Crippen LogP contribution in [0.1, 0.15) is 11.6 Å². The van der Waals surface area contributed by atoms with Gasteiger partial charge in [-0.1, -0.05) is 0 Å². The number of nitrogens with one attached hydrogen (secondary N) is 1. The largest absolute Gasteiger partial charge is 0.418 e. The van der Waals surface area contributed by atoms with Gasteiger partial charge in [-0.15, -0.1) is 5.73 Å². The van der Waals surface area contributed by atoms with Gasteiger partial charge < -0.3 is 9.73 Å². The van der Waals surface area contributed by atoms with E-state index >= 15 is 0 Å². The third-order valence-electron chi connectivity index (χ3n) is 2.85. The molecule has 1 aliphatic rings. The lowest BCUT2D eigenvalue weighted by Gasteiger charge is -1.94. The van der Waals surface area contributed by atoms with Crippen molar-refractivity contribution in [3.8, 4) is 0 Å². The van der Waals surface area contributed by atoms with Crippen molar-refractivity contribution in [1.29, 1.82) is 0 Å². The summed E-state index contributed by atoms with van der Waals surface area (Å²) in [6.45, 7) is 1.93. The van der Waals surface area contributed by atoms with Crippen LogP contribution < -0.4 is 5.32 Å². The lowest BCUT2D eigenvalue weighted by molar-refractivity contribution is 0.574. The summed E-state index contributed by atoms with van der Waals surface area (Å²) < 4.78 is 5.69. The first kappa shape index (κ1) is 11.5. The number of aryl methyl sites for hydroxylation is 1. The van der Waals surface area contributed by atoms with Gasteiger partial charge in [0.1, 0.15) is 5.52 Å². The molecule has 1 aliphatic carbocycles. The quantitative estimate of drug-likeness (QED) is 0.834. The minimum atomic E-state index is 0.558. The van der Waals surface area contributed by atoms with Crippen molar-refractivity contribution in [1.82, 2.24) is 15.3 Å². The predicted octanol–water partition coefficient (Wildman–Crippen LogP) is 2.74. The zero-order chi connectivity index (χ0) is 13.2. The maximum absolute atomic E-state index is 5.69. The molecule has 2 heterocycles. The normalized spacial score (nSPS) is 14.2. The van der Waals surface area contributed by atoms with Crippen molar-refractivity contribution in [3.05, 3.63) is 59.4 Å². The summed E-state index contributed by atoms with van der Waals surface area (Å²) in [5.41, 5.74) is 7.18. The fourth-order valence-electron chi connectivity index (χ4n) is 1.82. The van der Waals surface area contributed by atoms with Gasteiger partial charge in [0, 0.05) is 30.1 Å². The Morgan fingerprint density at radius 3 is 2.89 bits per heavy atom. The van der Waals surface area contributed by atoms with E-state index < -0.39 is 0 Å². The van der Waals surface area contributed by atoms with Crippen molar-refractivity contribution in [2.45, 2.75) is 6.92 Å². The van der Waals surface area contributed by atoms with E-state index in [0.29, 0.717) is 11.6 Å². The lowest BCUT2D eigenvalue weighted by Crippen LogP contribution is -2.01. The SMILES string of the molecule is CNC1=CC=C(c2nc3ccc(C)nc3o2)C=C=C1. The Bertz CT molecular complexity index is 759. The van der Waals surface area contributed by atoms with Gasteiger partial charge in [-0.05, 0) is 37.3 Å². The number of nitrogens with zero attached hydrogens (tertiary/aromatic N) is 2. The standard InChI is InChI=1S/C15H13N3O/c1-10-6-9-13-15(17-10)19-14(18-13)11-4-3-5-12(16-2)8-7-11/h4-9,16H,1-2H3. The zero-order valence-electron chi connectivity index (χ0n) is 10.8. The summed E-state index contributed by atoms with van der Waals surface area (Å²) in [7, 11) is 1.87. The van der Waals surface area contributed by atoms with Crippen LogP contribution in [0.4, 0.5) is 0 Å². The maximum Gasteiger partial charge on any atom is 0.247 e. The molecule has 0 atom stereocenters. The van der Waals surface area contributed by atoms with Gasteiger partial charge in [-0.2, -0.15) is 0 Å². The van der Waals surface area contributed by atoms with Crippen LogP contribution in [0, 0.1) is 6.92 Å². The van der Waals surface area contributed by atoms with E-state index in [0.717, 1.165) is 22.5 Å². The van der Waals surface area contributed by atoms with Crippen LogP contribution in [0.3, 0.4) is 0 Å². The second-order valence-corrected chi connectivity index (χ2v) is 4.25. The molecule has 94 valence electrons. The van der Waals surface area contributed by atoms with Crippen molar-refractivity contribution < 1.29 is 4.42 Å². The summed E-state index contributed by atoms with van der Waals surface area (Å²) in [5.74, 6) is 0.558. The number of likely N-dealkylation sites (N-methyl/N-ethyl adjacent to an activating group) is 1. The number of fused-ring (bicyclic) bond motifs is 1. The second kappa shape index (κ2) is 4.59. The number of rotatable bonds is 2. The minimum Gasteiger partial charge on any atom is -0.418 e. The Kier molecular flexibility index (Phi) is 2.78. The van der Waals surface area contributed by atoms with Crippen LogP contribution >= 0.6 is 0 Å². The fraction of sp³-hybridized carbons (Fsp3) is 0.133. The van der Waals surface area contributed by atoms with Gasteiger partial charge in [0.2, 0.25) is 11.6 Å². The van der Waals surface area contributed by atoms with Gasteiger partial charge in [0.05, 0.1) is 0 Å². The third kappa shape index (κ3) is 2.21. The molecule has 4 nitrogen and oxygen atoms in total. The molecule has 0 fully saturated rings. The lowest BCUT2D eigenvalue weighted by atomic mass is 10.2. The third-order valence-corrected chi connectivity index (χ3v) is 2.85. The fourth-order valence-corrected chi connectivity index (χ4v) is 1.82. The molecule has 0 aliphatic heterocycles. The number of allylic oxidation sites excluding steroid dienone is 4. The molecule has 3 rings (SSSR count). The molecule has 0 aromatic carbocycles. The highest BCUT2D eigenvalue weighted by molar-refractivity contribution is 5.77. The van der Waals surface area contributed by atoms with E-state index in [2.05, 4.69) is 21.0 Å². The van der Waals surface area contributed by atoms with Gasteiger partial charge in [-0.25, -0.2) is 9.97 Å². The average Bonchev–Trinajstić information content (AvgIpc) is 2.68. The van der Waals surface area contributed by atoms with E-state index in [9.17, 15) is 0 Å². The average molecular weight is 251 g/mol. The maximum atomic E-state index is 5.69. The van der Waals surface area contributed by atoms with Gasteiger partial charge in [-0.3, -0.25) is 0 Å². The molecule has 0 radical (unpaired) electrons. The van der Waals surface area contributed by atoms with Crippen LogP contribution in [0.25, 0.3) is 16.8 Å². The smallest absolute Gasteiger partial charge is 0.247 e. The molecule has 0 spiro atoms. The molecule has 2 aromatic heterocycles. The van der Waals surface area contributed by atoms with Crippen molar-refractivity contribution in [3.63, 3.8) is 0 Å². The summed E-state index contributed by atoms with van der Waals surface area (Å²) >= 11 is 0. The molecular formula is C15H13N3O. The van der Waals surface area contributed by atoms with E-state index in [1.54, 1.807) is 0 Å². The highest BCUT2D eigenvalue weighted by Crippen LogP contribution is 2.21. The Hall–Kier alpha value is -2.58. The van der Waals surface area contributed by atoms with Crippen LogP contribution in [-0.4, -0.2) is 17.0 Å². The topological polar surface area (TPSA) is 51.0 Å². The zero-order valence-corrected chi connectivity index (χ0v) is 10.8. The Morgan fingerprint density at radius 1 is 1.16 bits per heavy atom. The van der Waals surface area contributed by atoms with E-state index in [1.807, 2.05) is 50.4 Å². The summed E-state index contributed by atoms with van der Waals surface area (Å²) in [4.78, 5) is 8.76. The Labute approximate surface area is 110 Å². The molecule has 0 unspecified atom stereocenters. The highest BCUT2D eigenvalue weighted by Gasteiger charge is 2.10. The molecule has 0 bridgehead atoms. The van der Waals surface area contributed by atoms with Crippen molar-refractivity contribution in [2.75, 3.05) is 7.05 Å². The van der Waals surface area contributed by atoms with Crippen molar-refractivity contribution in [2.24, 2.45) is 0 Å². The van der Waals surface area contributed by atoms with Crippen LogP contribution in [0.15, 0.2) is 52.3 Å². The molecule has 2 aromatic rings. The summed E-state index contributed by atoms with van der Waals surface area (Å²) in [6, 6.07) is 3.83. The summed E-state index contributed by atoms with van der Waals surface area (Å²) in [6.07, 6.45) is 7.62. The Morgan fingerprint density at radius 2 is 2.05 bits per heavy atom. The second-order valence-electron chi connectivity index (χ2n) is 4.25. The number of pyridine rings is 1. The molecule has 0 saturated heterocycles. The first-order valence-electron chi connectivity index (χ1n) is 6.03. The molecule has 19 heavy (non-hydrogen) atoms. The molecule has 4 heteroatoms. The molecular weight excluding hydrogens is 238 g/mol. The molecule has 0 amide bonds. The predicted molar refractivity (Wildman–Crippen MR) is 74.3 cm³/mol.